The van der Waals surface area contributed by atoms with Gasteiger partial charge in [0.2, 0.25) is 0 Å². The molecule has 3 heteroatoms. The van der Waals surface area contributed by atoms with Gasteiger partial charge in [-0.15, -0.1) is 0 Å². The van der Waals surface area contributed by atoms with Crippen LogP contribution in [0.4, 0.5) is 0 Å². The van der Waals surface area contributed by atoms with Gasteiger partial charge in [0.25, 0.3) is 0 Å². The summed E-state index contributed by atoms with van der Waals surface area (Å²) in [7, 11) is 1.72. The highest BCUT2D eigenvalue weighted by molar-refractivity contribution is 9.10. The fourth-order valence-corrected chi connectivity index (χ4v) is 2.67. The molecule has 2 nitrogen and oxygen atoms in total. The lowest BCUT2D eigenvalue weighted by atomic mass is 9.92. The fraction of sp³-hybridized carbons (Fsp3) is 0.600. The first-order valence-electron chi connectivity index (χ1n) is 6.75. The highest BCUT2D eigenvalue weighted by Crippen LogP contribution is 2.25. The molecule has 0 amide bonds. The van der Waals surface area contributed by atoms with Gasteiger partial charge in [0.15, 0.2) is 0 Å². The van der Waals surface area contributed by atoms with Gasteiger partial charge in [-0.25, -0.2) is 0 Å². The van der Waals surface area contributed by atoms with Crippen LogP contribution in [0, 0.1) is 5.92 Å². The quantitative estimate of drug-likeness (QED) is 0.863. The van der Waals surface area contributed by atoms with Crippen LogP contribution in [0.25, 0.3) is 0 Å². The first-order chi connectivity index (χ1) is 8.69. The molecular formula is C15H22BrNO. The molecule has 1 aromatic rings. The summed E-state index contributed by atoms with van der Waals surface area (Å²) in [5, 5.41) is 3.64. The molecule has 0 radical (unpaired) electrons. The molecular weight excluding hydrogens is 290 g/mol. The third-order valence-corrected chi connectivity index (χ3v) is 4.46. The average molecular weight is 312 g/mol. The van der Waals surface area contributed by atoms with Gasteiger partial charge >= 0.3 is 0 Å². The summed E-state index contributed by atoms with van der Waals surface area (Å²) in [6.07, 6.45) is 5.19. The van der Waals surface area contributed by atoms with Crippen LogP contribution in [0.1, 0.15) is 31.7 Å². The van der Waals surface area contributed by atoms with Gasteiger partial charge in [-0.05, 0) is 55.5 Å². The number of hydrogen-bond acceptors (Lipinski definition) is 2. The molecule has 18 heavy (non-hydrogen) atoms. The summed E-state index contributed by atoms with van der Waals surface area (Å²) in [5.41, 5.74) is 1.33. The minimum absolute atomic E-state index is 0.647. The van der Waals surface area contributed by atoms with Gasteiger partial charge in [0, 0.05) is 10.5 Å². The van der Waals surface area contributed by atoms with Crippen LogP contribution >= 0.6 is 15.9 Å². The predicted molar refractivity (Wildman–Crippen MR) is 79.2 cm³/mol. The predicted octanol–water partition coefficient (Wildman–Crippen LogP) is 3.78. The van der Waals surface area contributed by atoms with Gasteiger partial charge in [0.1, 0.15) is 5.75 Å². The van der Waals surface area contributed by atoms with Crippen LogP contribution in [0.2, 0.25) is 0 Å². The van der Waals surface area contributed by atoms with E-state index in [4.69, 9.17) is 4.74 Å². The topological polar surface area (TPSA) is 21.3 Å². The zero-order valence-electron chi connectivity index (χ0n) is 11.2. The molecule has 0 saturated heterocycles. The van der Waals surface area contributed by atoms with E-state index in [-0.39, 0.29) is 0 Å². The number of halogens is 1. The second-order valence-corrected chi connectivity index (χ2v) is 6.16. The first-order valence-corrected chi connectivity index (χ1v) is 7.54. The van der Waals surface area contributed by atoms with E-state index in [0.717, 1.165) is 24.8 Å². The monoisotopic (exact) mass is 311 g/mol. The molecule has 1 unspecified atom stereocenters. The molecule has 1 saturated carbocycles. The lowest BCUT2D eigenvalue weighted by Crippen LogP contribution is -2.38. The van der Waals surface area contributed by atoms with Crippen LogP contribution in [0.15, 0.2) is 22.7 Å². The molecule has 0 heterocycles. The van der Waals surface area contributed by atoms with Crippen LogP contribution in [0.5, 0.6) is 5.75 Å². The highest BCUT2D eigenvalue weighted by Gasteiger charge is 2.17. The van der Waals surface area contributed by atoms with E-state index in [2.05, 4.69) is 40.3 Å². The van der Waals surface area contributed by atoms with E-state index < -0.39 is 0 Å². The van der Waals surface area contributed by atoms with Gasteiger partial charge in [-0.1, -0.05) is 29.3 Å². The zero-order valence-corrected chi connectivity index (χ0v) is 12.8. The maximum absolute atomic E-state index is 5.28. The molecule has 2 rings (SSSR count). The normalized spacial score (nSPS) is 17.3. The van der Waals surface area contributed by atoms with E-state index in [0.29, 0.717) is 5.92 Å². The Morgan fingerprint density at radius 2 is 2.22 bits per heavy atom. The number of benzene rings is 1. The summed E-state index contributed by atoms with van der Waals surface area (Å²) in [5.74, 6) is 1.58. The van der Waals surface area contributed by atoms with Crippen LogP contribution in [-0.4, -0.2) is 19.7 Å². The number of methoxy groups -OCH3 is 1. The van der Waals surface area contributed by atoms with Gasteiger partial charge in [-0.3, -0.25) is 0 Å². The third kappa shape index (κ3) is 3.72. The van der Waals surface area contributed by atoms with Crippen molar-refractivity contribution in [3.8, 4) is 5.75 Å². The van der Waals surface area contributed by atoms with E-state index in [9.17, 15) is 0 Å². The molecule has 0 spiro atoms. The third-order valence-electron chi connectivity index (χ3n) is 3.68. The Hall–Kier alpha value is -0.540. The second kappa shape index (κ2) is 6.58. The van der Waals surface area contributed by atoms with Crippen molar-refractivity contribution in [3.05, 3.63) is 28.2 Å². The SMILES string of the molecule is COc1ccc(Br)c(CC(C)CNC2CCC2)c1. The maximum Gasteiger partial charge on any atom is 0.119 e. The van der Waals surface area contributed by atoms with E-state index in [1.807, 2.05) is 6.07 Å². The Morgan fingerprint density at radius 3 is 2.83 bits per heavy atom. The molecule has 1 aliphatic carbocycles. The second-order valence-electron chi connectivity index (χ2n) is 5.30. The summed E-state index contributed by atoms with van der Waals surface area (Å²) in [6.45, 7) is 3.41. The fourth-order valence-electron chi connectivity index (χ4n) is 2.26. The lowest BCUT2D eigenvalue weighted by Gasteiger charge is -2.28. The highest BCUT2D eigenvalue weighted by atomic mass is 79.9. The molecule has 0 bridgehead atoms. The van der Waals surface area contributed by atoms with Gasteiger partial charge in [0.05, 0.1) is 7.11 Å². The molecule has 1 aromatic carbocycles. The van der Waals surface area contributed by atoms with Crippen molar-refractivity contribution < 1.29 is 4.74 Å². The average Bonchev–Trinajstić information content (AvgIpc) is 2.30. The van der Waals surface area contributed by atoms with Crippen molar-refractivity contribution in [2.24, 2.45) is 5.92 Å². The summed E-state index contributed by atoms with van der Waals surface area (Å²) in [6, 6.07) is 6.97. The molecule has 100 valence electrons. The Kier molecular flexibility index (Phi) is 5.07. The molecule has 1 N–H and O–H groups in total. The summed E-state index contributed by atoms with van der Waals surface area (Å²) >= 11 is 3.62. The Balaban J connectivity index is 1.86. The Bertz CT molecular complexity index is 390. The minimum atomic E-state index is 0.647. The number of rotatable bonds is 6. The molecule has 1 fully saturated rings. The van der Waals surface area contributed by atoms with Crippen molar-refractivity contribution >= 4 is 15.9 Å². The van der Waals surface area contributed by atoms with Crippen molar-refractivity contribution in [2.45, 2.75) is 38.6 Å². The molecule has 0 aliphatic heterocycles. The van der Waals surface area contributed by atoms with E-state index in [1.54, 1.807) is 7.11 Å². The largest absolute Gasteiger partial charge is 0.497 e. The van der Waals surface area contributed by atoms with Crippen molar-refractivity contribution in [1.29, 1.82) is 0 Å². The van der Waals surface area contributed by atoms with E-state index >= 15 is 0 Å². The summed E-state index contributed by atoms with van der Waals surface area (Å²) < 4.78 is 6.46. The van der Waals surface area contributed by atoms with E-state index in [1.165, 1.54) is 29.3 Å². The van der Waals surface area contributed by atoms with Crippen molar-refractivity contribution in [3.63, 3.8) is 0 Å². The number of ether oxygens (including phenoxy) is 1. The molecule has 1 aliphatic rings. The Morgan fingerprint density at radius 1 is 1.44 bits per heavy atom. The van der Waals surface area contributed by atoms with Crippen LogP contribution in [0.3, 0.4) is 0 Å². The van der Waals surface area contributed by atoms with Crippen molar-refractivity contribution in [1.82, 2.24) is 5.32 Å². The number of hydrogen-bond donors (Lipinski definition) is 1. The van der Waals surface area contributed by atoms with Gasteiger partial charge in [-0.2, -0.15) is 0 Å². The van der Waals surface area contributed by atoms with Crippen LogP contribution in [-0.2, 0) is 6.42 Å². The summed E-state index contributed by atoms with van der Waals surface area (Å²) in [4.78, 5) is 0. The zero-order chi connectivity index (χ0) is 13.0. The Labute approximate surface area is 118 Å². The standard InChI is InChI=1S/C15H22BrNO/c1-11(10-17-13-4-3-5-13)8-12-9-14(18-2)6-7-15(12)16/h6-7,9,11,13,17H,3-5,8,10H2,1-2H3. The van der Waals surface area contributed by atoms with Crippen molar-refractivity contribution in [2.75, 3.05) is 13.7 Å². The number of nitrogens with one attached hydrogen (secondary N) is 1. The van der Waals surface area contributed by atoms with Crippen LogP contribution < -0.4 is 10.1 Å². The van der Waals surface area contributed by atoms with Gasteiger partial charge < -0.3 is 10.1 Å². The maximum atomic E-state index is 5.28. The first kappa shape index (κ1) is 13.9. The smallest absolute Gasteiger partial charge is 0.119 e. The molecule has 1 atom stereocenters. The minimum Gasteiger partial charge on any atom is -0.497 e. The lowest BCUT2D eigenvalue weighted by molar-refractivity contribution is 0.320. The molecule has 0 aromatic heterocycles.